The Balaban J connectivity index is 2.71. The Labute approximate surface area is 98.7 Å². The fraction of sp³-hybridized carbons (Fsp3) is 0.273. The Morgan fingerprint density at radius 2 is 2.06 bits per heavy atom. The van der Waals surface area contributed by atoms with E-state index in [0.717, 1.165) is 6.42 Å². The quantitative estimate of drug-likeness (QED) is 0.326. The Morgan fingerprint density at radius 3 is 2.53 bits per heavy atom. The topological polar surface area (TPSA) is 75.8 Å². The molecule has 1 aromatic rings. The van der Waals surface area contributed by atoms with Gasteiger partial charge in [0.15, 0.2) is 0 Å². The van der Waals surface area contributed by atoms with Crippen molar-refractivity contribution in [2.75, 3.05) is 6.54 Å². The predicted octanol–water partition coefficient (Wildman–Crippen LogP) is 1.80. The highest BCUT2D eigenvalue weighted by Crippen LogP contribution is 2.10. The summed E-state index contributed by atoms with van der Waals surface area (Å²) in [6, 6.07) is 5.95. The first-order valence-electron chi connectivity index (χ1n) is 5.17. The van der Waals surface area contributed by atoms with Crippen molar-refractivity contribution in [2.45, 2.75) is 13.3 Å². The van der Waals surface area contributed by atoms with Crippen LogP contribution in [0.2, 0.25) is 0 Å². The molecule has 0 fully saturated rings. The molecule has 1 amide bonds. The summed E-state index contributed by atoms with van der Waals surface area (Å²) in [5, 5.41) is 15.7. The van der Waals surface area contributed by atoms with E-state index in [1.54, 1.807) is 12.1 Å². The second-order valence-corrected chi connectivity index (χ2v) is 3.36. The van der Waals surface area contributed by atoms with E-state index in [2.05, 4.69) is 5.10 Å². The van der Waals surface area contributed by atoms with Crippen LogP contribution in [0.15, 0.2) is 29.4 Å². The first kappa shape index (κ1) is 12.8. The smallest absolute Gasteiger partial charge is 0.269 e. The summed E-state index contributed by atoms with van der Waals surface area (Å²) in [4.78, 5) is 20.5. The number of rotatable bonds is 6. The summed E-state index contributed by atoms with van der Waals surface area (Å²) in [5.41, 5.74) is 0.738. The highest BCUT2D eigenvalue weighted by Gasteiger charge is 2.02. The number of benzene rings is 1. The summed E-state index contributed by atoms with van der Waals surface area (Å²) in [6.07, 6.45) is 2.95. The van der Waals surface area contributed by atoms with Crippen LogP contribution in [0.4, 0.5) is 5.69 Å². The van der Waals surface area contributed by atoms with E-state index in [1.165, 1.54) is 23.4 Å². The second kappa shape index (κ2) is 6.37. The molecule has 0 atom stereocenters. The van der Waals surface area contributed by atoms with E-state index in [9.17, 15) is 14.9 Å². The van der Waals surface area contributed by atoms with Gasteiger partial charge in [-0.05, 0) is 24.1 Å². The maximum Gasteiger partial charge on any atom is 0.269 e. The van der Waals surface area contributed by atoms with Gasteiger partial charge in [0.2, 0.25) is 6.41 Å². The van der Waals surface area contributed by atoms with Crippen molar-refractivity contribution >= 4 is 18.3 Å². The standard InChI is InChI=1S/C11H13N3O3/c1-2-7-13(9-15)12-8-10-3-5-11(6-4-10)14(16)17/h3-6,8-9H,2,7H2,1H3. The van der Waals surface area contributed by atoms with Gasteiger partial charge in [-0.25, -0.2) is 5.01 Å². The van der Waals surface area contributed by atoms with Gasteiger partial charge in [0.1, 0.15) is 0 Å². The average molecular weight is 235 g/mol. The number of hydrazone groups is 1. The number of nitro benzene ring substituents is 1. The molecular weight excluding hydrogens is 222 g/mol. The molecule has 0 aliphatic rings. The van der Waals surface area contributed by atoms with Gasteiger partial charge in [0.05, 0.1) is 11.1 Å². The SMILES string of the molecule is CCCN(C=O)N=Cc1ccc([N+](=O)[O-])cc1. The van der Waals surface area contributed by atoms with Crippen LogP contribution in [0.1, 0.15) is 18.9 Å². The number of nitro groups is 1. The molecule has 0 heterocycles. The molecule has 17 heavy (non-hydrogen) atoms. The molecule has 6 nitrogen and oxygen atoms in total. The van der Waals surface area contributed by atoms with Gasteiger partial charge in [0, 0.05) is 18.7 Å². The fourth-order valence-corrected chi connectivity index (χ4v) is 1.19. The molecule has 0 N–H and O–H groups in total. The van der Waals surface area contributed by atoms with Crippen molar-refractivity contribution in [3.05, 3.63) is 39.9 Å². The van der Waals surface area contributed by atoms with Crippen LogP contribution < -0.4 is 0 Å². The average Bonchev–Trinajstić information content (AvgIpc) is 2.35. The van der Waals surface area contributed by atoms with Gasteiger partial charge < -0.3 is 0 Å². The summed E-state index contributed by atoms with van der Waals surface area (Å²) in [7, 11) is 0. The van der Waals surface area contributed by atoms with Crippen molar-refractivity contribution in [1.29, 1.82) is 0 Å². The number of nitrogens with zero attached hydrogens (tertiary/aromatic N) is 3. The van der Waals surface area contributed by atoms with Crippen molar-refractivity contribution in [2.24, 2.45) is 5.10 Å². The van der Waals surface area contributed by atoms with Crippen molar-refractivity contribution in [1.82, 2.24) is 5.01 Å². The third-order valence-corrected chi connectivity index (χ3v) is 2.03. The van der Waals surface area contributed by atoms with Crippen LogP contribution >= 0.6 is 0 Å². The highest BCUT2D eigenvalue weighted by molar-refractivity contribution is 5.80. The van der Waals surface area contributed by atoms with Crippen LogP contribution in [0.3, 0.4) is 0 Å². The molecule has 6 heteroatoms. The monoisotopic (exact) mass is 235 g/mol. The zero-order chi connectivity index (χ0) is 12.7. The summed E-state index contributed by atoms with van der Waals surface area (Å²) >= 11 is 0. The normalized spacial score (nSPS) is 10.4. The lowest BCUT2D eigenvalue weighted by Gasteiger charge is -2.07. The first-order valence-corrected chi connectivity index (χ1v) is 5.17. The zero-order valence-corrected chi connectivity index (χ0v) is 9.44. The molecular formula is C11H13N3O3. The van der Waals surface area contributed by atoms with Crippen LogP contribution in [0, 0.1) is 10.1 Å². The van der Waals surface area contributed by atoms with E-state index < -0.39 is 4.92 Å². The molecule has 0 unspecified atom stereocenters. The van der Waals surface area contributed by atoms with Crippen molar-refractivity contribution < 1.29 is 9.72 Å². The number of non-ortho nitro benzene ring substituents is 1. The molecule has 1 aromatic carbocycles. The van der Waals surface area contributed by atoms with Gasteiger partial charge in [-0.1, -0.05) is 6.92 Å². The Morgan fingerprint density at radius 1 is 1.41 bits per heavy atom. The maximum atomic E-state index is 10.6. The van der Waals surface area contributed by atoms with E-state index in [1.807, 2.05) is 6.92 Å². The number of carbonyl (C=O) groups excluding carboxylic acids is 1. The van der Waals surface area contributed by atoms with E-state index in [0.29, 0.717) is 18.5 Å². The Bertz CT molecular complexity index is 414. The van der Waals surface area contributed by atoms with Crippen molar-refractivity contribution in [3.63, 3.8) is 0 Å². The highest BCUT2D eigenvalue weighted by atomic mass is 16.6. The largest absolute Gasteiger partial charge is 0.277 e. The van der Waals surface area contributed by atoms with Gasteiger partial charge in [-0.15, -0.1) is 0 Å². The Kier molecular flexibility index (Phi) is 4.80. The minimum Gasteiger partial charge on any atom is -0.277 e. The minimum absolute atomic E-state index is 0.0305. The van der Waals surface area contributed by atoms with E-state index in [4.69, 9.17) is 0 Å². The van der Waals surface area contributed by atoms with Gasteiger partial charge in [-0.3, -0.25) is 14.9 Å². The summed E-state index contributed by atoms with van der Waals surface area (Å²) in [6.45, 7) is 2.49. The van der Waals surface area contributed by atoms with Crippen LogP contribution in [-0.4, -0.2) is 29.1 Å². The lowest BCUT2D eigenvalue weighted by atomic mass is 10.2. The number of carbonyl (C=O) groups is 1. The zero-order valence-electron chi connectivity index (χ0n) is 9.44. The van der Waals surface area contributed by atoms with E-state index in [-0.39, 0.29) is 5.69 Å². The minimum atomic E-state index is -0.463. The molecule has 0 saturated heterocycles. The molecule has 0 saturated carbocycles. The third kappa shape index (κ3) is 4.02. The summed E-state index contributed by atoms with van der Waals surface area (Å²) in [5.74, 6) is 0. The second-order valence-electron chi connectivity index (χ2n) is 3.36. The molecule has 0 aliphatic carbocycles. The third-order valence-electron chi connectivity index (χ3n) is 2.03. The fourth-order valence-electron chi connectivity index (χ4n) is 1.19. The van der Waals surface area contributed by atoms with Crippen LogP contribution in [0.5, 0.6) is 0 Å². The lowest BCUT2D eigenvalue weighted by Crippen LogP contribution is -2.15. The molecule has 0 bridgehead atoms. The molecule has 0 radical (unpaired) electrons. The predicted molar refractivity (Wildman–Crippen MR) is 63.8 cm³/mol. The number of hydrogen-bond acceptors (Lipinski definition) is 4. The molecule has 0 spiro atoms. The molecule has 0 aromatic heterocycles. The van der Waals surface area contributed by atoms with Gasteiger partial charge >= 0.3 is 0 Å². The first-order chi connectivity index (χ1) is 8.17. The number of hydrogen-bond donors (Lipinski definition) is 0. The molecule has 0 aliphatic heterocycles. The molecule has 90 valence electrons. The Hall–Kier alpha value is -2.24. The summed E-state index contributed by atoms with van der Waals surface area (Å²) < 4.78 is 0. The van der Waals surface area contributed by atoms with Crippen LogP contribution in [-0.2, 0) is 4.79 Å². The molecule has 1 rings (SSSR count). The maximum absolute atomic E-state index is 10.6. The number of amides is 1. The van der Waals surface area contributed by atoms with Gasteiger partial charge in [0.25, 0.3) is 5.69 Å². The van der Waals surface area contributed by atoms with Gasteiger partial charge in [-0.2, -0.15) is 5.10 Å². The van der Waals surface area contributed by atoms with Crippen LogP contribution in [0.25, 0.3) is 0 Å². The van der Waals surface area contributed by atoms with Crippen molar-refractivity contribution in [3.8, 4) is 0 Å². The van der Waals surface area contributed by atoms with E-state index >= 15 is 0 Å². The lowest BCUT2D eigenvalue weighted by molar-refractivity contribution is -0.384.